The topological polar surface area (TPSA) is 43.8 Å². The van der Waals surface area contributed by atoms with E-state index in [9.17, 15) is 4.79 Å². The zero-order chi connectivity index (χ0) is 12.0. The van der Waals surface area contributed by atoms with E-state index in [2.05, 4.69) is 16.8 Å². The molecule has 0 aromatic heterocycles. The molecule has 1 saturated heterocycles. The van der Waals surface area contributed by atoms with Gasteiger partial charge in [-0.1, -0.05) is 0 Å². The number of carbonyl (C=O) groups is 1. The fourth-order valence-corrected chi connectivity index (χ4v) is 2.31. The van der Waals surface area contributed by atoms with Gasteiger partial charge in [-0.3, -0.25) is 4.79 Å². The Morgan fingerprint density at radius 3 is 2.88 bits per heavy atom. The van der Waals surface area contributed by atoms with E-state index < -0.39 is 5.97 Å². The first-order chi connectivity index (χ1) is 7.58. The molecule has 0 radical (unpaired) electrons. The summed E-state index contributed by atoms with van der Waals surface area (Å²) in [5.74, 6) is 0.0928. The largest absolute Gasteiger partial charge is 0.481 e. The SMILES string of the molecule is CN(CCC(=O)O)CCC1CCCN(C)C1. The van der Waals surface area contributed by atoms with E-state index in [0.717, 1.165) is 12.5 Å². The zero-order valence-corrected chi connectivity index (χ0v) is 10.5. The fourth-order valence-electron chi connectivity index (χ4n) is 2.31. The second-order valence-corrected chi connectivity index (χ2v) is 5.01. The highest BCUT2D eigenvalue weighted by atomic mass is 16.4. The minimum Gasteiger partial charge on any atom is -0.481 e. The first kappa shape index (κ1) is 13.5. The van der Waals surface area contributed by atoms with E-state index >= 15 is 0 Å². The fraction of sp³-hybridized carbons (Fsp3) is 0.917. The Morgan fingerprint density at radius 2 is 2.25 bits per heavy atom. The summed E-state index contributed by atoms with van der Waals surface area (Å²) in [5, 5.41) is 8.58. The lowest BCUT2D eigenvalue weighted by Gasteiger charge is -2.30. The van der Waals surface area contributed by atoms with E-state index in [4.69, 9.17) is 5.11 Å². The Morgan fingerprint density at radius 1 is 1.50 bits per heavy atom. The highest BCUT2D eigenvalue weighted by Gasteiger charge is 2.17. The molecule has 1 aliphatic heterocycles. The number of hydrogen-bond acceptors (Lipinski definition) is 3. The minimum absolute atomic E-state index is 0.251. The molecule has 0 saturated carbocycles. The molecule has 1 atom stereocenters. The number of rotatable bonds is 6. The smallest absolute Gasteiger partial charge is 0.304 e. The van der Waals surface area contributed by atoms with Crippen LogP contribution in [0.15, 0.2) is 0 Å². The summed E-state index contributed by atoms with van der Waals surface area (Å²) in [7, 11) is 4.19. The summed E-state index contributed by atoms with van der Waals surface area (Å²) in [6.07, 6.45) is 4.08. The van der Waals surface area contributed by atoms with Crippen molar-refractivity contribution in [2.24, 2.45) is 5.92 Å². The molecule has 1 fully saturated rings. The van der Waals surface area contributed by atoms with Crippen molar-refractivity contribution in [2.45, 2.75) is 25.7 Å². The van der Waals surface area contributed by atoms with E-state index in [1.807, 2.05) is 7.05 Å². The van der Waals surface area contributed by atoms with Crippen LogP contribution < -0.4 is 0 Å². The standard InChI is InChI=1S/C12H24N2O2/c1-13(9-6-12(15)16)8-5-11-4-3-7-14(2)10-11/h11H,3-10H2,1-2H3,(H,15,16). The average molecular weight is 228 g/mol. The van der Waals surface area contributed by atoms with Crippen LogP contribution in [0.5, 0.6) is 0 Å². The van der Waals surface area contributed by atoms with Crippen molar-refractivity contribution < 1.29 is 9.90 Å². The molecular weight excluding hydrogens is 204 g/mol. The second-order valence-electron chi connectivity index (χ2n) is 5.01. The van der Waals surface area contributed by atoms with Crippen LogP contribution in [0.1, 0.15) is 25.7 Å². The molecule has 0 aromatic rings. The van der Waals surface area contributed by atoms with E-state index in [1.165, 1.54) is 32.4 Å². The van der Waals surface area contributed by atoms with Crippen LogP contribution >= 0.6 is 0 Å². The Labute approximate surface area is 98.2 Å². The van der Waals surface area contributed by atoms with Gasteiger partial charge in [0.15, 0.2) is 0 Å². The van der Waals surface area contributed by atoms with Gasteiger partial charge in [0, 0.05) is 13.1 Å². The van der Waals surface area contributed by atoms with Crippen LogP contribution in [-0.2, 0) is 4.79 Å². The molecular formula is C12H24N2O2. The summed E-state index contributed by atoms with van der Waals surface area (Å²) in [5.41, 5.74) is 0. The third kappa shape index (κ3) is 5.47. The third-order valence-electron chi connectivity index (χ3n) is 3.35. The van der Waals surface area contributed by atoms with Crippen molar-refractivity contribution in [2.75, 3.05) is 40.3 Å². The average Bonchev–Trinajstić information content (AvgIpc) is 2.23. The lowest BCUT2D eigenvalue weighted by atomic mass is 9.95. The van der Waals surface area contributed by atoms with E-state index in [-0.39, 0.29) is 6.42 Å². The van der Waals surface area contributed by atoms with Crippen LogP contribution in [-0.4, -0.2) is 61.2 Å². The minimum atomic E-state index is -0.704. The zero-order valence-electron chi connectivity index (χ0n) is 10.5. The van der Waals surface area contributed by atoms with Crippen LogP contribution in [0, 0.1) is 5.92 Å². The van der Waals surface area contributed by atoms with Gasteiger partial charge in [-0.05, 0) is 52.4 Å². The molecule has 1 unspecified atom stereocenters. The van der Waals surface area contributed by atoms with Crippen molar-refractivity contribution in [3.8, 4) is 0 Å². The van der Waals surface area contributed by atoms with E-state index in [1.54, 1.807) is 0 Å². The van der Waals surface area contributed by atoms with Gasteiger partial charge in [0.05, 0.1) is 6.42 Å². The molecule has 1 rings (SSSR count). The summed E-state index contributed by atoms with van der Waals surface area (Å²) in [6, 6.07) is 0. The lowest BCUT2D eigenvalue weighted by molar-refractivity contribution is -0.137. The van der Waals surface area contributed by atoms with Gasteiger partial charge < -0.3 is 14.9 Å². The van der Waals surface area contributed by atoms with Crippen LogP contribution in [0.2, 0.25) is 0 Å². The maximum atomic E-state index is 10.4. The first-order valence-corrected chi connectivity index (χ1v) is 6.17. The van der Waals surface area contributed by atoms with Crippen LogP contribution in [0.3, 0.4) is 0 Å². The van der Waals surface area contributed by atoms with Gasteiger partial charge in [-0.2, -0.15) is 0 Å². The van der Waals surface area contributed by atoms with Crippen LogP contribution in [0.25, 0.3) is 0 Å². The molecule has 0 spiro atoms. The van der Waals surface area contributed by atoms with E-state index in [0.29, 0.717) is 6.54 Å². The number of carboxylic acids is 1. The highest BCUT2D eigenvalue weighted by molar-refractivity contribution is 5.66. The van der Waals surface area contributed by atoms with Crippen LogP contribution in [0.4, 0.5) is 0 Å². The number of nitrogens with zero attached hydrogens (tertiary/aromatic N) is 2. The van der Waals surface area contributed by atoms with Crippen molar-refractivity contribution in [3.63, 3.8) is 0 Å². The van der Waals surface area contributed by atoms with Gasteiger partial charge in [0.1, 0.15) is 0 Å². The monoisotopic (exact) mass is 228 g/mol. The maximum absolute atomic E-state index is 10.4. The molecule has 4 heteroatoms. The second kappa shape index (κ2) is 6.86. The molecule has 1 N–H and O–H groups in total. The Hall–Kier alpha value is -0.610. The predicted molar refractivity (Wildman–Crippen MR) is 64.6 cm³/mol. The third-order valence-corrected chi connectivity index (χ3v) is 3.35. The maximum Gasteiger partial charge on any atom is 0.304 e. The Kier molecular flexibility index (Phi) is 5.77. The number of likely N-dealkylation sites (tertiary alicyclic amines) is 1. The quantitative estimate of drug-likeness (QED) is 0.740. The van der Waals surface area contributed by atoms with Crippen molar-refractivity contribution in [3.05, 3.63) is 0 Å². The lowest BCUT2D eigenvalue weighted by Crippen LogP contribution is -2.34. The van der Waals surface area contributed by atoms with Gasteiger partial charge in [0.25, 0.3) is 0 Å². The summed E-state index contributed by atoms with van der Waals surface area (Å²) >= 11 is 0. The van der Waals surface area contributed by atoms with Crippen molar-refractivity contribution in [1.82, 2.24) is 9.80 Å². The Bertz CT molecular complexity index is 221. The molecule has 0 aromatic carbocycles. The first-order valence-electron chi connectivity index (χ1n) is 6.17. The molecule has 1 aliphatic rings. The number of hydrogen-bond donors (Lipinski definition) is 1. The number of piperidine rings is 1. The van der Waals surface area contributed by atoms with Gasteiger partial charge in [-0.25, -0.2) is 0 Å². The number of aliphatic carboxylic acids is 1. The Balaban J connectivity index is 2.10. The van der Waals surface area contributed by atoms with Gasteiger partial charge >= 0.3 is 5.97 Å². The molecule has 0 amide bonds. The normalized spacial score (nSPS) is 22.6. The summed E-state index contributed by atoms with van der Waals surface area (Å²) < 4.78 is 0. The predicted octanol–water partition coefficient (Wildman–Crippen LogP) is 1.12. The van der Waals surface area contributed by atoms with Gasteiger partial charge in [-0.15, -0.1) is 0 Å². The van der Waals surface area contributed by atoms with Crippen molar-refractivity contribution in [1.29, 1.82) is 0 Å². The summed E-state index contributed by atoms with van der Waals surface area (Å²) in [6.45, 7) is 4.11. The molecule has 94 valence electrons. The molecule has 4 nitrogen and oxygen atoms in total. The highest BCUT2D eigenvalue weighted by Crippen LogP contribution is 2.18. The molecule has 16 heavy (non-hydrogen) atoms. The molecule has 1 heterocycles. The van der Waals surface area contributed by atoms with Gasteiger partial charge in [0.2, 0.25) is 0 Å². The molecule has 0 bridgehead atoms. The number of carboxylic acid groups (broad SMARTS) is 1. The molecule has 0 aliphatic carbocycles. The summed E-state index contributed by atoms with van der Waals surface area (Å²) in [4.78, 5) is 14.9. The van der Waals surface area contributed by atoms with Crippen molar-refractivity contribution >= 4 is 5.97 Å².